The minimum atomic E-state index is -0.526. The van der Waals surface area contributed by atoms with Crippen LogP contribution in [0.15, 0.2) is 85.1 Å². The lowest BCUT2D eigenvalue weighted by molar-refractivity contribution is 0.102. The van der Waals surface area contributed by atoms with Crippen LogP contribution in [-0.4, -0.2) is 30.1 Å². The number of carbonyl (C=O) groups is 2. The molecule has 0 aliphatic rings. The first-order valence-electron chi connectivity index (χ1n) is 11.1. The highest BCUT2D eigenvalue weighted by molar-refractivity contribution is 14.1. The van der Waals surface area contributed by atoms with Gasteiger partial charge in [-0.2, -0.15) is 0 Å². The molecule has 4 aromatic rings. The number of pyridine rings is 1. The van der Waals surface area contributed by atoms with E-state index in [1.54, 1.807) is 37.4 Å². The Balaban J connectivity index is 1.25. The molecule has 2 N–H and O–H groups in total. The fraction of sp³-hybridized carbons (Fsp3) is 0.148. The third kappa shape index (κ3) is 6.48. The first-order chi connectivity index (χ1) is 17.0. The molecule has 0 fully saturated rings. The van der Waals surface area contributed by atoms with E-state index >= 15 is 0 Å². The number of aromatic nitrogens is 1. The standard InChI is InChI=1S/C27H24IN3O4/c1-18(20-12-13-23(22(28)17-20)31-26(32)24-10-4-5-14-29-24)35-27(33)30-15-16-34-25-11-6-8-19-7-2-3-9-21(19)25/h2-14,17-18H,15-16H2,1H3,(H,30,33)(H,31,32). The van der Waals surface area contributed by atoms with Crippen LogP contribution in [0.4, 0.5) is 10.5 Å². The highest BCUT2D eigenvalue weighted by Gasteiger charge is 2.15. The SMILES string of the molecule is CC(OC(=O)NCCOc1cccc2ccccc12)c1ccc(NC(=O)c2ccccn2)c(I)c1. The first-order valence-corrected chi connectivity index (χ1v) is 12.2. The summed E-state index contributed by atoms with van der Waals surface area (Å²) in [4.78, 5) is 28.7. The van der Waals surface area contributed by atoms with Crippen LogP contribution in [0.5, 0.6) is 5.75 Å². The van der Waals surface area contributed by atoms with Gasteiger partial charge in [0.1, 0.15) is 24.2 Å². The van der Waals surface area contributed by atoms with Crippen LogP contribution in [0, 0.1) is 3.57 Å². The lowest BCUT2D eigenvalue weighted by atomic mass is 10.1. The average molecular weight is 581 g/mol. The zero-order valence-electron chi connectivity index (χ0n) is 19.0. The molecule has 0 bridgehead atoms. The summed E-state index contributed by atoms with van der Waals surface area (Å²) in [5.74, 6) is 0.488. The molecule has 2 amide bonds. The van der Waals surface area contributed by atoms with Crippen molar-refractivity contribution in [3.63, 3.8) is 0 Å². The Bertz CT molecular complexity index is 1330. The third-order valence-electron chi connectivity index (χ3n) is 5.27. The van der Waals surface area contributed by atoms with Crippen molar-refractivity contribution in [1.82, 2.24) is 10.3 Å². The normalized spacial score (nSPS) is 11.5. The van der Waals surface area contributed by atoms with E-state index < -0.39 is 12.2 Å². The van der Waals surface area contributed by atoms with Crippen molar-refractivity contribution in [2.45, 2.75) is 13.0 Å². The molecule has 4 rings (SSSR count). The zero-order chi connectivity index (χ0) is 24.6. The van der Waals surface area contributed by atoms with Gasteiger partial charge in [0.05, 0.1) is 12.2 Å². The van der Waals surface area contributed by atoms with Crippen molar-refractivity contribution in [3.05, 3.63) is 99.9 Å². The number of anilines is 1. The number of hydrogen-bond acceptors (Lipinski definition) is 5. The van der Waals surface area contributed by atoms with E-state index in [2.05, 4.69) is 38.2 Å². The van der Waals surface area contributed by atoms with Gasteiger partial charge in [-0.15, -0.1) is 0 Å². The van der Waals surface area contributed by atoms with Crippen LogP contribution in [0.25, 0.3) is 10.8 Å². The topological polar surface area (TPSA) is 89.5 Å². The average Bonchev–Trinajstić information content (AvgIpc) is 2.88. The predicted molar refractivity (Wildman–Crippen MR) is 144 cm³/mol. The number of nitrogens with one attached hydrogen (secondary N) is 2. The van der Waals surface area contributed by atoms with E-state index in [1.165, 1.54) is 0 Å². The molecule has 1 atom stereocenters. The number of hydrogen-bond donors (Lipinski definition) is 2. The highest BCUT2D eigenvalue weighted by atomic mass is 127. The van der Waals surface area contributed by atoms with Crippen LogP contribution < -0.4 is 15.4 Å². The molecular formula is C27H24IN3O4. The summed E-state index contributed by atoms with van der Waals surface area (Å²) in [6, 6.07) is 24.5. The summed E-state index contributed by atoms with van der Waals surface area (Å²) in [6.45, 7) is 2.43. The Labute approximate surface area is 217 Å². The number of benzene rings is 3. The summed E-state index contributed by atoms with van der Waals surface area (Å²) >= 11 is 2.14. The van der Waals surface area contributed by atoms with E-state index in [4.69, 9.17) is 9.47 Å². The smallest absolute Gasteiger partial charge is 0.407 e. The molecule has 8 heteroatoms. The number of rotatable bonds is 8. The Kier molecular flexibility index (Phi) is 8.15. The number of carbonyl (C=O) groups excluding carboxylic acids is 2. The molecule has 0 aliphatic heterocycles. The number of amides is 2. The zero-order valence-corrected chi connectivity index (χ0v) is 21.2. The fourth-order valence-corrected chi connectivity index (χ4v) is 4.15. The maximum atomic E-state index is 12.3. The van der Waals surface area contributed by atoms with Crippen LogP contribution >= 0.6 is 22.6 Å². The molecular weight excluding hydrogens is 557 g/mol. The van der Waals surface area contributed by atoms with Gasteiger partial charge in [-0.3, -0.25) is 9.78 Å². The van der Waals surface area contributed by atoms with Crippen molar-refractivity contribution in [3.8, 4) is 5.75 Å². The Hall–Kier alpha value is -3.66. The number of ether oxygens (including phenoxy) is 2. The third-order valence-corrected chi connectivity index (χ3v) is 6.16. The van der Waals surface area contributed by atoms with Gasteiger partial charge in [-0.1, -0.05) is 48.5 Å². The molecule has 3 aromatic carbocycles. The minimum absolute atomic E-state index is 0.286. The van der Waals surface area contributed by atoms with E-state index in [1.807, 2.05) is 54.6 Å². The van der Waals surface area contributed by atoms with Crippen molar-refractivity contribution in [1.29, 1.82) is 0 Å². The van der Waals surface area contributed by atoms with Crippen molar-refractivity contribution < 1.29 is 19.1 Å². The second kappa shape index (κ2) is 11.7. The fourth-order valence-electron chi connectivity index (χ4n) is 3.47. The molecule has 35 heavy (non-hydrogen) atoms. The monoisotopic (exact) mass is 581 g/mol. The number of halogens is 1. The quantitative estimate of drug-likeness (QED) is 0.198. The van der Waals surface area contributed by atoms with E-state index in [9.17, 15) is 9.59 Å². The lowest BCUT2D eigenvalue weighted by Crippen LogP contribution is -2.29. The Morgan fingerprint density at radius 1 is 1.00 bits per heavy atom. The molecule has 0 spiro atoms. The van der Waals surface area contributed by atoms with Gasteiger partial charge in [-0.05, 0) is 70.8 Å². The second-order valence-electron chi connectivity index (χ2n) is 7.71. The maximum Gasteiger partial charge on any atom is 0.407 e. The molecule has 0 saturated heterocycles. The Morgan fingerprint density at radius 3 is 2.60 bits per heavy atom. The van der Waals surface area contributed by atoms with E-state index in [0.29, 0.717) is 24.5 Å². The van der Waals surface area contributed by atoms with Gasteiger partial charge in [0.15, 0.2) is 0 Å². The van der Waals surface area contributed by atoms with Crippen molar-refractivity contribution in [2.75, 3.05) is 18.5 Å². The van der Waals surface area contributed by atoms with Crippen LogP contribution in [0.3, 0.4) is 0 Å². The predicted octanol–water partition coefficient (Wildman–Crippen LogP) is 5.96. The minimum Gasteiger partial charge on any atom is -0.491 e. The molecule has 178 valence electrons. The summed E-state index contributed by atoms with van der Waals surface area (Å²) in [7, 11) is 0. The molecule has 0 radical (unpaired) electrons. The summed E-state index contributed by atoms with van der Waals surface area (Å²) in [5, 5.41) is 7.70. The van der Waals surface area contributed by atoms with E-state index in [0.717, 1.165) is 25.7 Å². The molecule has 1 unspecified atom stereocenters. The molecule has 7 nitrogen and oxygen atoms in total. The van der Waals surface area contributed by atoms with Crippen LogP contribution in [0.1, 0.15) is 29.1 Å². The summed E-state index contributed by atoms with van der Waals surface area (Å²) in [5.41, 5.74) is 1.81. The summed E-state index contributed by atoms with van der Waals surface area (Å²) < 4.78 is 12.2. The maximum absolute atomic E-state index is 12.3. The molecule has 0 saturated carbocycles. The van der Waals surface area contributed by atoms with Crippen LogP contribution in [0.2, 0.25) is 0 Å². The molecule has 1 heterocycles. The van der Waals surface area contributed by atoms with Crippen LogP contribution in [-0.2, 0) is 4.74 Å². The van der Waals surface area contributed by atoms with Crippen molar-refractivity contribution >= 4 is 51.1 Å². The van der Waals surface area contributed by atoms with Gasteiger partial charge >= 0.3 is 6.09 Å². The van der Waals surface area contributed by atoms with E-state index in [-0.39, 0.29) is 5.91 Å². The molecule has 0 aliphatic carbocycles. The Morgan fingerprint density at radius 2 is 1.80 bits per heavy atom. The number of nitrogens with zero attached hydrogens (tertiary/aromatic N) is 1. The van der Waals surface area contributed by atoms with Gasteiger partial charge in [0, 0.05) is 15.2 Å². The molecule has 1 aromatic heterocycles. The van der Waals surface area contributed by atoms with Gasteiger partial charge in [0.25, 0.3) is 5.91 Å². The largest absolute Gasteiger partial charge is 0.491 e. The van der Waals surface area contributed by atoms with Crippen molar-refractivity contribution in [2.24, 2.45) is 0 Å². The van der Waals surface area contributed by atoms with Gasteiger partial charge in [-0.25, -0.2) is 4.79 Å². The highest BCUT2D eigenvalue weighted by Crippen LogP contribution is 2.26. The second-order valence-corrected chi connectivity index (χ2v) is 8.87. The van der Waals surface area contributed by atoms with Gasteiger partial charge in [0.2, 0.25) is 0 Å². The number of alkyl carbamates (subject to hydrolysis) is 1. The first kappa shape index (κ1) is 24.5. The summed E-state index contributed by atoms with van der Waals surface area (Å²) in [6.07, 6.45) is 0.576. The lowest BCUT2D eigenvalue weighted by Gasteiger charge is -2.16. The number of fused-ring (bicyclic) bond motifs is 1. The van der Waals surface area contributed by atoms with Gasteiger partial charge < -0.3 is 20.1 Å².